The molecule has 1 rings (SSSR count). The van der Waals surface area contributed by atoms with Gasteiger partial charge in [-0.05, 0) is 38.7 Å². The second-order valence-electron chi connectivity index (χ2n) is 3.52. The lowest BCUT2D eigenvalue weighted by Gasteiger charge is -2.25. The molecule has 3 heteroatoms. The molecule has 0 radical (unpaired) electrons. The lowest BCUT2D eigenvalue weighted by molar-refractivity contribution is 0.690. The lowest BCUT2D eigenvalue weighted by atomic mass is 10.0. The molecule has 0 saturated heterocycles. The zero-order valence-electron chi connectivity index (χ0n) is 7.79. The Bertz CT molecular complexity index is 197. The molecule has 0 amide bonds. The number of hydrogen-bond acceptors (Lipinski definition) is 0. The van der Waals surface area contributed by atoms with Crippen LogP contribution in [0.4, 0.5) is 0 Å². The molecular formula is C9H16Cl2Si. The average molecular weight is 223 g/mol. The van der Waals surface area contributed by atoms with Crippen LogP contribution in [0.15, 0.2) is 10.8 Å². The molecule has 1 aliphatic rings. The molecule has 0 nitrogen and oxygen atoms in total. The van der Waals surface area contributed by atoms with Crippen LogP contribution in [0.25, 0.3) is 0 Å². The maximum absolute atomic E-state index is 6.34. The summed E-state index contributed by atoms with van der Waals surface area (Å²) in [6.45, 7) is 2.27. The molecule has 1 aliphatic carbocycles. The molecule has 0 heterocycles. The van der Waals surface area contributed by atoms with Crippen LogP contribution in [0.1, 0.15) is 39.5 Å². The van der Waals surface area contributed by atoms with Gasteiger partial charge < -0.3 is 0 Å². The van der Waals surface area contributed by atoms with Gasteiger partial charge in [-0.25, -0.2) is 0 Å². The van der Waals surface area contributed by atoms with Gasteiger partial charge in [0.05, 0.1) is 0 Å². The standard InChI is InChI=1S/C9H16Cl2Si/c1-3-12(10,11)9-7-5-4-6-8(9)2/h3-7H2,1-2H3. The zero-order chi connectivity index (χ0) is 9.19. The first kappa shape index (κ1) is 10.6. The van der Waals surface area contributed by atoms with Crippen molar-refractivity contribution < 1.29 is 0 Å². The van der Waals surface area contributed by atoms with Crippen LogP contribution in [-0.2, 0) is 0 Å². The molecule has 0 aromatic carbocycles. The van der Waals surface area contributed by atoms with Crippen LogP contribution in [0.2, 0.25) is 6.04 Å². The zero-order valence-corrected chi connectivity index (χ0v) is 10.3. The molecule has 0 bridgehead atoms. The minimum Gasteiger partial charge on any atom is -0.140 e. The number of allylic oxidation sites excluding steroid dienone is 2. The van der Waals surface area contributed by atoms with Crippen LogP contribution in [0.5, 0.6) is 0 Å². The van der Waals surface area contributed by atoms with E-state index in [0.29, 0.717) is 0 Å². The first-order valence-corrected chi connectivity index (χ1v) is 8.88. The summed E-state index contributed by atoms with van der Waals surface area (Å²) in [5, 5.41) is 1.42. The molecule has 0 unspecified atom stereocenters. The van der Waals surface area contributed by atoms with E-state index in [-0.39, 0.29) is 0 Å². The van der Waals surface area contributed by atoms with Crippen molar-refractivity contribution in [2.45, 2.75) is 45.6 Å². The van der Waals surface area contributed by atoms with E-state index >= 15 is 0 Å². The second kappa shape index (κ2) is 4.16. The number of halogens is 2. The third kappa shape index (κ3) is 2.27. The second-order valence-corrected chi connectivity index (χ2v) is 10.7. The Morgan fingerprint density at radius 2 is 1.83 bits per heavy atom. The van der Waals surface area contributed by atoms with E-state index in [9.17, 15) is 0 Å². The Balaban J connectivity index is 2.84. The maximum atomic E-state index is 6.34. The van der Waals surface area contributed by atoms with Gasteiger partial charge in [-0.15, -0.1) is 22.2 Å². The largest absolute Gasteiger partial charge is 0.276 e. The molecule has 0 spiro atoms. The summed E-state index contributed by atoms with van der Waals surface area (Å²) in [6.07, 6.45) is 4.96. The summed E-state index contributed by atoms with van der Waals surface area (Å²) in [5.41, 5.74) is 1.47. The Hall–Kier alpha value is 0.537. The lowest BCUT2D eigenvalue weighted by Crippen LogP contribution is -2.24. The van der Waals surface area contributed by atoms with Crippen molar-refractivity contribution in [2.75, 3.05) is 0 Å². The van der Waals surface area contributed by atoms with Gasteiger partial charge in [-0.1, -0.05) is 17.7 Å². The van der Waals surface area contributed by atoms with Gasteiger partial charge in [-0.3, -0.25) is 0 Å². The van der Waals surface area contributed by atoms with Gasteiger partial charge in [0.25, 0.3) is 6.69 Å². The predicted octanol–water partition coefficient (Wildman–Crippen LogP) is 4.36. The topological polar surface area (TPSA) is 0 Å². The molecule has 0 atom stereocenters. The van der Waals surface area contributed by atoms with E-state index in [1.54, 1.807) is 0 Å². The highest BCUT2D eigenvalue weighted by molar-refractivity contribution is 7.48. The smallest absolute Gasteiger partial charge is 0.140 e. The van der Waals surface area contributed by atoms with Crippen molar-refractivity contribution in [1.29, 1.82) is 0 Å². The molecule has 0 fully saturated rings. The minimum absolute atomic E-state index is 0.947. The van der Waals surface area contributed by atoms with Crippen molar-refractivity contribution in [2.24, 2.45) is 0 Å². The van der Waals surface area contributed by atoms with E-state index in [2.05, 4.69) is 13.8 Å². The monoisotopic (exact) mass is 222 g/mol. The molecule has 0 aromatic rings. The van der Waals surface area contributed by atoms with E-state index in [0.717, 1.165) is 12.5 Å². The SMILES string of the molecule is CC[Si](Cl)(Cl)C1=C(C)CCCC1. The Labute approximate surface area is 85.4 Å². The van der Waals surface area contributed by atoms with E-state index in [4.69, 9.17) is 22.2 Å². The van der Waals surface area contributed by atoms with Crippen LogP contribution in [0.3, 0.4) is 0 Å². The van der Waals surface area contributed by atoms with Gasteiger partial charge in [0.2, 0.25) is 0 Å². The van der Waals surface area contributed by atoms with E-state index in [1.807, 2.05) is 0 Å². The number of hydrogen-bond donors (Lipinski definition) is 0. The van der Waals surface area contributed by atoms with Crippen LogP contribution >= 0.6 is 22.2 Å². The fraction of sp³-hybridized carbons (Fsp3) is 0.778. The molecule has 12 heavy (non-hydrogen) atoms. The van der Waals surface area contributed by atoms with Crippen LogP contribution in [0, 0.1) is 0 Å². The van der Waals surface area contributed by atoms with Gasteiger partial charge in [-0.2, -0.15) is 0 Å². The van der Waals surface area contributed by atoms with Crippen LogP contribution < -0.4 is 0 Å². The van der Waals surface area contributed by atoms with Gasteiger partial charge >= 0.3 is 0 Å². The first-order chi connectivity index (χ1) is 5.58. The van der Waals surface area contributed by atoms with Crippen molar-refractivity contribution in [1.82, 2.24) is 0 Å². The molecule has 0 aliphatic heterocycles. The Kier molecular flexibility index (Phi) is 3.68. The van der Waals surface area contributed by atoms with E-state index in [1.165, 1.54) is 30.0 Å². The van der Waals surface area contributed by atoms with Gasteiger partial charge in [0.1, 0.15) is 0 Å². The maximum Gasteiger partial charge on any atom is 0.276 e. The summed E-state index contributed by atoms with van der Waals surface area (Å²) in [5.74, 6) is 0. The quantitative estimate of drug-likeness (QED) is 0.482. The highest BCUT2D eigenvalue weighted by Gasteiger charge is 2.33. The van der Waals surface area contributed by atoms with Crippen molar-refractivity contribution in [3.05, 3.63) is 10.8 Å². The van der Waals surface area contributed by atoms with Gasteiger partial charge in [0, 0.05) is 0 Å². The summed E-state index contributed by atoms with van der Waals surface area (Å²) in [7, 11) is 0. The Morgan fingerprint density at radius 3 is 2.33 bits per heavy atom. The third-order valence-corrected chi connectivity index (χ3v) is 8.05. The molecule has 70 valence electrons. The van der Waals surface area contributed by atoms with Crippen molar-refractivity contribution >= 4 is 28.9 Å². The highest BCUT2D eigenvalue weighted by atomic mass is 35.7. The van der Waals surface area contributed by atoms with Crippen molar-refractivity contribution in [3.8, 4) is 0 Å². The van der Waals surface area contributed by atoms with Gasteiger partial charge in [0.15, 0.2) is 0 Å². The predicted molar refractivity (Wildman–Crippen MR) is 59.1 cm³/mol. The first-order valence-electron chi connectivity index (χ1n) is 4.65. The van der Waals surface area contributed by atoms with Crippen LogP contribution in [-0.4, -0.2) is 6.69 Å². The summed E-state index contributed by atoms with van der Waals surface area (Å²) < 4.78 is 0. The summed E-state index contributed by atoms with van der Waals surface area (Å²) in [6, 6.07) is 0.947. The summed E-state index contributed by atoms with van der Waals surface area (Å²) in [4.78, 5) is 0. The average Bonchev–Trinajstić information content (AvgIpc) is 2.05. The fourth-order valence-electron chi connectivity index (χ4n) is 1.76. The van der Waals surface area contributed by atoms with Crippen molar-refractivity contribution in [3.63, 3.8) is 0 Å². The van der Waals surface area contributed by atoms with E-state index < -0.39 is 6.69 Å². The molecular weight excluding hydrogens is 207 g/mol. The highest BCUT2D eigenvalue weighted by Crippen LogP contribution is 2.37. The Morgan fingerprint density at radius 1 is 1.25 bits per heavy atom. The molecule has 0 aromatic heterocycles. The molecule has 0 saturated carbocycles. The third-order valence-electron chi connectivity index (χ3n) is 2.63. The normalized spacial score (nSPS) is 20.0. The fourth-order valence-corrected chi connectivity index (χ4v) is 5.02. The molecule has 0 N–H and O–H groups in total. The number of rotatable bonds is 2. The summed E-state index contributed by atoms with van der Waals surface area (Å²) >= 11 is 12.7. The minimum atomic E-state index is -2.02.